The molecule has 48 heavy (non-hydrogen) atoms. The van der Waals surface area contributed by atoms with E-state index in [0.717, 1.165) is 72.1 Å². The molecular weight excluding hydrogens is 659 g/mol. The minimum atomic E-state index is -1.93. The molecule has 5 N–H and O–H groups in total. The van der Waals surface area contributed by atoms with Crippen molar-refractivity contribution in [1.82, 2.24) is 9.88 Å². The Hall–Kier alpha value is -2.80. The molecule has 0 unspecified atom stereocenters. The number of benzene rings is 2. The lowest BCUT2D eigenvalue weighted by molar-refractivity contribution is -0.157. The summed E-state index contributed by atoms with van der Waals surface area (Å²) < 4.78 is 12.8. The van der Waals surface area contributed by atoms with Crippen LogP contribution in [0.4, 0.5) is 0 Å². The highest BCUT2D eigenvalue weighted by Crippen LogP contribution is 2.53. The van der Waals surface area contributed by atoms with Crippen molar-refractivity contribution in [1.29, 1.82) is 0 Å². The van der Waals surface area contributed by atoms with Crippen molar-refractivity contribution >= 4 is 29.1 Å². The molecule has 2 aliphatic rings. The molecule has 2 saturated carbocycles. The second-order valence-corrected chi connectivity index (χ2v) is 13.6. The Kier molecular flexibility index (Phi) is 12.4. The summed E-state index contributed by atoms with van der Waals surface area (Å²) in [6.45, 7) is -0.212. The van der Waals surface area contributed by atoms with Crippen LogP contribution in [0.2, 0.25) is 10.0 Å². The molecule has 1 heterocycles. The molecule has 0 spiro atoms. The summed E-state index contributed by atoms with van der Waals surface area (Å²) in [5, 5.41) is 49.4. The molecule has 1 amide bonds. The fourth-order valence-electron chi connectivity index (χ4n) is 5.75. The number of hydrogen-bond donors (Lipinski definition) is 5. The summed E-state index contributed by atoms with van der Waals surface area (Å²) in [6.07, 6.45) is 3.32. The van der Waals surface area contributed by atoms with E-state index in [0.29, 0.717) is 36.0 Å². The molecule has 2 fully saturated rings. The number of rotatable bonds is 18. The maximum Gasteiger partial charge on any atom is 0.253 e. The third-order valence-electron chi connectivity index (χ3n) is 9.05. The molecule has 5 rings (SSSR count). The third-order valence-corrected chi connectivity index (χ3v) is 9.76. The number of carbonyl (C=O) groups excluding carboxylic acids is 1. The molecule has 1 aromatic heterocycles. The Morgan fingerprint density at radius 3 is 2.40 bits per heavy atom. The zero-order valence-corrected chi connectivity index (χ0v) is 28.5. The van der Waals surface area contributed by atoms with Crippen LogP contribution in [0.1, 0.15) is 61.6 Å². The topological polar surface area (TPSA) is 153 Å². The number of pyridine rings is 1. The smallest absolute Gasteiger partial charge is 0.253 e. The van der Waals surface area contributed by atoms with Crippen molar-refractivity contribution in [3.8, 4) is 16.9 Å². The molecule has 2 aliphatic carbocycles. The van der Waals surface area contributed by atoms with E-state index in [1.165, 1.54) is 11.9 Å². The number of amides is 1. The van der Waals surface area contributed by atoms with Crippen molar-refractivity contribution in [3.05, 3.63) is 81.6 Å². The van der Waals surface area contributed by atoms with Gasteiger partial charge in [-0.25, -0.2) is 0 Å². The van der Waals surface area contributed by atoms with Crippen LogP contribution in [0.15, 0.2) is 54.9 Å². The van der Waals surface area contributed by atoms with Crippen LogP contribution in [0.25, 0.3) is 11.1 Å². The summed E-state index contributed by atoms with van der Waals surface area (Å²) in [7, 11) is 1.48. The molecule has 10 nitrogen and oxygen atoms in total. The molecule has 3 aromatic rings. The van der Waals surface area contributed by atoms with E-state index in [9.17, 15) is 25.2 Å². The van der Waals surface area contributed by atoms with Crippen LogP contribution < -0.4 is 4.74 Å². The molecule has 0 radical (unpaired) electrons. The minimum absolute atomic E-state index is 0.285. The number of carbonyl (C=O) groups is 1. The fourth-order valence-corrected chi connectivity index (χ4v) is 6.27. The average molecular weight is 704 g/mol. The van der Waals surface area contributed by atoms with E-state index in [-0.39, 0.29) is 6.10 Å². The van der Waals surface area contributed by atoms with Gasteiger partial charge < -0.3 is 39.9 Å². The van der Waals surface area contributed by atoms with Gasteiger partial charge in [0, 0.05) is 47.2 Å². The van der Waals surface area contributed by atoms with Crippen molar-refractivity contribution in [2.45, 2.75) is 94.1 Å². The number of ether oxygens (including phenoxy) is 2. The Labute approximate surface area is 290 Å². The van der Waals surface area contributed by atoms with Gasteiger partial charge in [0.25, 0.3) is 5.91 Å². The first kappa shape index (κ1) is 36.5. The second kappa shape index (κ2) is 16.3. The largest absolute Gasteiger partial charge is 0.490 e. The van der Waals surface area contributed by atoms with Crippen LogP contribution in [0, 0.1) is 0 Å². The first-order valence-electron chi connectivity index (χ1n) is 16.4. The van der Waals surface area contributed by atoms with Crippen LogP contribution in [-0.4, -0.2) is 92.0 Å². The van der Waals surface area contributed by atoms with Gasteiger partial charge >= 0.3 is 0 Å². The van der Waals surface area contributed by atoms with E-state index < -0.39 is 42.5 Å². The van der Waals surface area contributed by atoms with E-state index in [4.69, 9.17) is 37.8 Å². The number of aromatic nitrogens is 1. The minimum Gasteiger partial charge on any atom is -0.490 e. The number of unbranched alkanes of at least 4 members (excludes halogenated alkanes) is 2. The number of aliphatic hydroxyl groups is 5. The summed E-state index contributed by atoms with van der Waals surface area (Å²) in [4.78, 5) is 18.1. The molecule has 2 aromatic carbocycles. The molecular formula is C36H44Cl2N2O8. The number of nitrogens with zero attached hydrogens (tertiary/aromatic N) is 2. The first-order valence-corrected chi connectivity index (χ1v) is 17.2. The molecule has 12 heteroatoms. The van der Waals surface area contributed by atoms with Gasteiger partial charge in [-0.3, -0.25) is 9.78 Å². The predicted octanol–water partition coefficient (Wildman–Crippen LogP) is 4.41. The van der Waals surface area contributed by atoms with Gasteiger partial charge in [0.2, 0.25) is 0 Å². The summed E-state index contributed by atoms with van der Waals surface area (Å²) in [6, 6.07) is 13.9. The summed E-state index contributed by atoms with van der Waals surface area (Å²) in [5.41, 5.74) is 4.37. The number of para-hydroxylation sites is 1. The van der Waals surface area contributed by atoms with Crippen LogP contribution in [0.5, 0.6) is 5.75 Å². The molecule has 0 bridgehead atoms. The monoisotopic (exact) mass is 702 g/mol. The van der Waals surface area contributed by atoms with Crippen molar-refractivity contribution in [2.75, 3.05) is 20.2 Å². The lowest BCUT2D eigenvalue weighted by atomic mass is 9.96. The first-order chi connectivity index (χ1) is 23.0. The van der Waals surface area contributed by atoms with Gasteiger partial charge in [-0.05, 0) is 85.9 Å². The van der Waals surface area contributed by atoms with E-state index in [1.54, 1.807) is 6.20 Å². The Morgan fingerprint density at radius 1 is 0.979 bits per heavy atom. The van der Waals surface area contributed by atoms with Crippen molar-refractivity contribution < 1.29 is 39.8 Å². The highest BCUT2D eigenvalue weighted by atomic mass is 35.5. The maximum atomic E-state index is 12.4. The van der Waals surface area contributed by atoms with Gasteiger partial charge in [-0.15, -0.1) is 0 Å². The van der Waals surface area contributed by atoms with Crippen molar-refractivity contribution in [2.24, 2.45) is 0 Å². The number of halogens is 2. The Morgan fingerprint density at radius 2 is 1.69 bits per heavy atom. The molecule has 260 valence electrons. The van der Waals surface area contributed by atoms with Gasteiger partial charge in [0.05, 0.1) is 24.9 Å². The third kappa shape index (κ3) is 8.86. The number of likely N-dealkylation sites (N-methyl/N-ethyl adjacent to an activating group) is 1. The van der Waals surface area contributed by atoms with E-state index in [1.807, 2.05) is 42.6 Å². The highest BCUT2D eigenvalue weighted by Gasteiger charge is 2.48. The lowest BCUT2D eigenvalue weighted by Gasteiger charge is -2.28. The molecule has 0 aliphatic heterocycles. The van der Waals surface area contributed by atoms with Crippen molar-refractivity contribution in [3.63, 3.8) is 0 Å². The van der Waals surface area contributed by atoms with Crippen LogP contribution >= 0.6 is 23.2 Å². The lowest BCUT2D eigenvalue weighted by Crippen LogP contribution is -2.52. The van der Waals surface area contributed by atoms with Gasteiger partial charge in [-0.2, -0.15) is 0 Å². The Balaban J connectivity index is 1.13. The summed E-state index contributed by atoms with van der Waals surface area (Å²) >= 11 is 13.4. The Bertz CT molecular complexity index is 1550. The highest BCUT2D eigenvalue weighted by molar-refractivity contribution is 6.34. The van der Waals surface area contributed by atoms with Gasteiger partial charge in [-0.1, -0.05) is 47.8 Å². The maximum absolute atomic E-state index is 12.4. The fraction of sp³-hybridized carbons (Fsp3) is 0.500. The number of hydrogen-bond acceptors (Lipinski definition) is 9. The van der Waals surface area contributed by atoms with Crippen LogP contribution in [0.3, 0.4) is 0 Å². The normalized spacial score (nSPS) is 17.8. The standard InChI is InChI=1S/C36H44Cl2N2O8/c1-40(35(46)34(45)33(44)32(43)30(42)20-41)16-6-2-3-7-22-17-29(38)23(18-28(22)37)21-47-36(13-14-36)27-19-39-15-12-25(27)26-8-4-5-9-31(26)48-24-10-11-24/h4-5,8-9,12,15,17-19,24,30,32-34,41-45H,2-3,6-7,10-11,13-14,16,20-21H2,1H3/t30-,32+,33-,34-/m0/s1. The van der Waals surface area contributed by atoms with Gasteiger partial charge in [0.15, 0.2) is 6.10 Å². The quantitative estimate of drug-likeness (QED) is 0.121. The number of aryl methyl sites for hydroxylation is 1. The van der Waals surface area contributed by atoms with Gasteiger partial charge in [0.1, 0.15) is 24.1 Å². The summed E-state index contributed by atoms with van der Waals surface area (Å²) in [5.74, 6) is 0.0832. The SMILES string of the molecule is CN(CCCCCc1cc(Cl)c(COC2(c3cnccc3-c3ccccc3OC3CC3)CC2)cc1Cl)C(=O)[C@@H](O)[C@@H](O)[C@H](O)[C@@H](O)CO. The molecule has 0 saturated heterocycles. The average Bonchev–Trinajstić information content (AvgIpc) is 4.05. The number of aliphatic hydroxyl groups excluding tert-OH is 5. The van der Waals surface area contributed by atoms with E-state index >= 15 is 0 Å². The van der Waals surface area contributed by atoms with E-state index in [2.05, 4.69) is 11.1 Å². The zero-order valence-electron chi connectivity index (χ0n) is 27.0. The molecule has 4 atom stereocenters. The predicted molar refractivity (Wildman–Crippen MR) is 182 cm³/mol. The van der Waals surface area contributed by atoms with Crippen LogP contribution in [-0.2, 0) is 28.2 Å². The second-order valence-electron chi connectivity index (χ2n) is 12.8. The zero-order chi connectivity index (χ0) is 34.4.